The molecule has 0 bridgehead atoms. The summed E-state index contributed by atoms with van der Waals surface area (Å²) in [6.45, 7) is 0. The van der Waals surface area contributed by atoms with E-state index in [0.29, 0.717) is 17.1 Å². The summed E-state index contributed by atoms with van der Waals surface area (Å²) in [4.78, 5) is 79.6. The van der Waals surface area contributed by atoms with Crippen LogP contribution in [-0.2, 0) is 19.2 Å². The van der Waals surface area contributed by atoms with E-state index in [2.05, 4.69) is 15.6 Å². The van der Waals surface area contributed by atoms with Gasteiger partial charge in [-0.2, -0.15) is 0 Å². The minimum atomic E-state index is -0.483. The number of carbonyl (C=O) groups is 6. The van der Waals surface area contributed by atoms with Crippen LogP contribution in [0.2, 0.25) is 0 Å². The van der Waals surface area contributed by atoms with Crippen molar-refractivity contribution in [1.29, 1.82) is 0 Å². The number of pyridine rings is 1. The summed E-state index contributed by atoms with van der Waals surface area (Å²) in [6.07, 6.45) is 3.51. The first kappa shape index (κ1) is 24.5. The number of hydrogen-bond donors (Lipinski definition) is 2. The van der Waals surface area contributed by atoms with Crippen molar-refractivity contribution in [1.82, 2.24) is 4.98 Å². The summed E-state index contributed by atoms with van der Waals surface area (Å²) in [7, 11) is 0. The molecule has 1 aromatic heterocycles. The monoisotopic (exact) mass is 511 g/mol. The number of carbonyl (C=O) groups excluding carboxylic acids is 6. The normalized spacial score (nSPS) is 15.3. The molecule has 3 aromatic rings. The van der Waals surface area contributed by atoms with Gasteiger partial charge in [0, 0.05) is 43.0 Å². The Balaban J connectivity index is 1.27. The Bertz CT molecular complexity index is 1340. The molecule has 2 aromatic carbocycles. The van der Waals surface area contributed by atoms with Gasteiger partial charge in [-0.15, -0.1) is 0 Å². The fraction of sp³-hybridized carbons (Fsp3) is 0.148. The minimum Gasteiger partial charge on any atom is -0.320 e. The third-order valence-electron chi connectivity index (χ3n) is 6.20. The molecule has 0 unspecified atom stereocenters. The number of nitrogens with zero attached hydrogens (tertiary/aromatic N) is 3. The van der Waals surface area contributed by atoms with Gasteiger partial charge in [-0.05, 0) is 54.6 Å². The van der Waals surface area contributed by atoms with Crippen molar-refractivity contribution in [3.8, 4) is 0 Å². The predicted molar refractivity (Wildman–Crippen MR) is 136 cm³/mol. The largest absolute Gasteiger partial charge is 0.320 e. The molecule has 190 valence electrons. The van der Waals surface area contributed by atoms with Crippen LogP contribution in [0, 0.1) is 0 Å². The molecule has 2 N–H and O–H groups in total. The van der Waals surface area contributed by atoms with Crippen LogP contribution in [-0.4, -0.2) is 40.4 Å². The molecule has 38 heavy (non-hydrogen) atoms. The number of nitrogens with one attached hydrogen (secondary N) is 2. The first-order chi connectivity index (χ1) is 18.3. The molecule has 0 radical (unpaired) electrons. The van der Waals surface area contributed by atoms with Crippen molar-refractivity contribution in [3.63, 3.8) is 0 Å². The predicted octanol–water partition coefficient (Wildman–Crippen LogP) is 2.89. The first-order valence-electron chi connectivity index (χ1n) is 11.8. The molecular weight excluding hydrogens is 490 g/mol. The molecule has 2 saturated heterocycles. The van der Waals surface area contributed by atoms with Crippen molar-refractivity contribution in [2.24, 2.45) is 0 Å². The van der Waals surface area contributed by atoms with E-state index < -0.39 is 11.8 Å². The van der Waals surface area contributed by atoms with E-state index in [4.69, 9.17) is 0 Å². The average molecular weight is 511 g/mol. The molecule has 0 aliphatic carbocycles. The van der Waals surface area contributed by atoms with Crippen LogP contribution in [0.3, 0.4) is 0 Å². The summed E-state index contributed by atoms with van der Waals surface area (Å²) in [5.41, 5.74) is 1.91. The molecule has 5 rings (SSSR count). The number of anilines is 4. The van der Waals surface area contributed by atoms with E-state index in [1.54, 1.807) is 0 Å². The summed E-state index contributed by atoms with van der Waals surface area (Å²) in [6, 6.07) is 13.6. The number of benzene rings is 2. The lowest BCUT2D eigenvalue weighted by Gasteiger charge is -2.15. The lowest BCUT2D eigenvalue weighted by molar-refractivity contribution is -0.122. The number of hydrogen-bond acceptors (Lipinski definition) is 7. The van der Waals surface area contributed by atoms with E-state index in [1.807, 2.05) is 0 Å². The van der Waals surface area contributed by atoms with Crippen molar-refractivity contribution in [2.75, 3.05) is 20.4 Å². The molecule has 2 fully saturated rings. The van der Waals surface area contributed by atoms with Crippen molar-refractivity contribution in [2.45, 2.75) is 25.7 Å². The van der Waals surface area contributed by atoms with Crippen molar-refractivity contribution in [3.05, 3.63) is 78.1 Å². The second kappa shape index (κ2) is 10.1. The van der Waals surface area contributed by atoms with Crippen LogP contribution >= 0.6 is 0 Å². The third-order valence-corrected chi connectivity index (χ3v) is 6.20. The van der Waals surface area contributed by atoms with Crippen LogP contribution in [0.1, 0.15) is 46.4 Å². The van der Waals surface area contributed by atoms with Crippen LogP contribution in [0.25, 0.3) is 0 Å². The zero-order valence-electron chi connectivity index (χ0n) is 20.0. The quantitative estimate of drug-likeness (QED) is 0.484. The van der Waals surface area contributed by atoms with Gasteiger partial charge in [-0.3, -0.25) is 43.6 Å². The van der Waals surface area contributed by atoms with E-state index in [9.17, 15) is 28.8 Å². The summed E-state index contributed by atoms with van der Waals surface area (Å²) < 4.78 is 0. The Labute approximate surface area is 216 Å². The van der Waals surface area contributed by atoms with Crippen LogP contribution in [0.5, 0.6) is 0 Å². The van der Waals surface area contributed by atoms with Gasteiger partial charge in [-0.25, -0.2) is 0 Å². The zero-order valence-corrected chi connectivity index (χ0v) is 20.0. The second-order valence-corrected chi connectivity index (χ2v) is 8.67. The van der Waals surface area contributed by atoms with Gasteiger partial charge in [0.15, 0.2) is 0 Å². The van der Waals surface area contributed by atoms with E-state index in [1.165, 1.54) is 67.0 Å². The Morgan fingerprint density at radius 2 is 0.974 bits per heavy atom. The van der Waals surface area contributed by atoms with Crippen molar-refractivity contribution >= 4 is 58.2 Å². The second-order valence-electron chi connectivity index (χ2n) is 8.67. The van der Waals surface area contributed by atoms with E-state index >= 15 is 0 Å². The zero-order chi connectivity index (χ0) is 26.8. The fourth-order valence-corrected chi connectivity index (χ4v) is 4.24. The highest BCUT2D eigenvalue weighted by molar-refractivity contribution is 6.21. The van der Waals surface area contributed by atoms with Gasteiger partial charge in [0.05, 0.1) is 28.9 Å². The topological polar surface area (TPSA) is 146 Å². The molecule has 2 aliphatic heterocycles. The highest BCUT2D eigenvalue weighted by atomic mass is 16.2. The van der Waals surface area contributed by atoms with Crippen LogP contribution < -0.4 is 20.4 Å². The van der Waals surface area contributed by atoms with Crippen LogP contribution in [0.15, 0.2) is 67.0 Å². The summed E-state index contributed by atoms with van der Waals surface area (Å²) in [5, 5.41) is 5.42. The molecule has 11 nitrogen and oxygen atoms in total. The van der Waals surface area contributed by atoms with Gasteiger partial charge < -0.3 is 10.6 Å². The third kappa shape index (κ3) is 4.76. The summed E-state index contributed by atoms with van der Waals surface area (Å²) in [5.74, 6) is -2.08. The molecule has 0 saturated carbocycles. The molecule has 3 heterocycles. The van der Waals surface area contributed by atoms with Gasteiger partial charge in [-0.1, -0.05) is 0 Å². The Kier molecular flexibility index (Phi) is 6.48. The molecule has 0 spiro atoms. The van der Waals surface area contributed by atoms with Crippen LogP contribution in [0.4, 0.5) is 22.7 Å². The Morgan fingerprint density at radius 1 is 0.579 bits per heavy atom. The molecule has 6 amide bonds. The maximum Gasteiger partial charge on any atom is 0.255 e. The molecule has 0 atom stereocenters. The SMILES string of the molecule is O=C(Nc1ccncc1NC(=O)c1ccc(N2C(=O)CCC2=O)cc1)c1ccc(N2C(=O)CCC2=O)cc1. The number of imide groups is 2. The van der Waals surface area contributed by atoms with E-state index in [0.717, 1.165) is 9.80 Å². The number of rotatable bonds is 6. The van der Waals surface area contributed by atoms with Gasteiger partial charge >= 0.3 is 0 Å². The highest BCUT2D eigenvalue weighted by Crippen LogP contribution is 2.26. The molecule has 2 aliphatic rings. The highest BCUT2D eigenvalue weighted by Gasteiger charge is 2.31. The Hall–Kier alpha value is -5.19. The fourth-order valence-electron chi connectivity index (χ4n) is 4.24. The minimum absolute atomic E-state index is 0.165. The maximum atomic E-state index is 12.8. The van der Waals surface area contributed by atoms with Gasteiger partial charge in [0.25, 0.3) is 11.8 Å². The van der Waals surface area contributed by atoms with Gasteiger partial charge in [0.2, 0.25) is 23.6 Å². The first-order valence-corrected chi connectivity index (χ1v) is 11.8. The van der Waals surface area contributed by atoms with E-state index in [-0.39, 0.29) is 66.1 Å². The maximum absolute atomic E-state index is 12.8. The average Bonchev–Trinajstić information content (AvgIpc) is 3.44. The number of amides is 6. The molecule has 11 heteroatoms. The Morgan fingerprint density at radius 3 is 1.39 bits per heavy atom. The van der Waals surface area contributed by atoms with Gasteiger partial charge in [0.1, 0.15) is 0 Å². The molecular formula is C27H21N5O6. The lowest BCUT2D eigenvalue weighted by Crippen LogP contribution is -2.28. The number of aromatic nitrogens is 1. The van der Waals surface area contributed by atoms with Crippen molar-refractivity contribution < 1.29 is 28.8 Å². The standard InChI is InChI=1S/C27H21N5O6/c33-22-9-10-23(34)31(22)18-5-1-16(2-6-18)26(37)29-20-13-14-28-15-21(20)30-27(38)17-3-7-19(8-4-17)32-24(35)11-12-25(32)36/h1-8,13-15H,9-12H2,(H,30,38)(H,28,29,37). The smallest absolute Gasteiger partial charge is 0.255 e. The lowest BCUT2D eigenvalue weighted by atomic mass is 10.1. The summed E-state index contributed by atoms with van der Waals surface area (Å²) >= 11 is 0.